The molecule has 0 amide bonds. The van der Waals surface area contributed by atoms with Crippen molar-refractivity contribution in [1.82, 2.24) is 4.90 Å². The summed E-state index contributed by atoms with van der Waals surface area (Å²) >= 11 is 0. The van der Waals surface area contributed by atoms with Crippen molar-refractivity contribution in [2.24, 2.45) is 0 Å². The standard InChI is InChI=1S/C6H9NO3/c1-7(2)4-3-5(8)6(9)10/h3-4H,1-2H3,(H,9,10)/b4-3+. The molecule has 0 saturated heterocycles. The van der Waals surface area contributed by atoms with Crippen LogP contribution < -0.4 is 0 Å². The van der Waals surface area contributed by atoms with Gasteiger partial charge in [-0.05, 0) is 0 Å². The van der Waals surface area contributed by atoms with Crippen LogP contribution in [0.5, 0.6) is 0 Å². The van der Waals surface area contributed by atoms with Gasteiger partial charge in [0.1, 0.15) is 0 Å². The number of hydrogen-bond acceptors (Lipinski definition) is 3. The molecule has 0 atom stereocenters. The van der Waals surface area contributed by atoms with Gasteiger partial charge >= 0.3 is 5.97 Å². The van der Waals surface area contributed by atoms with Gasteiger partial charge in [0.2, 0.25) is 0 Å². The molecule has 0 bridgehead atoms. The van der Waals surface area contributed by atoms with Gasteiger partial charge in [-0.1, -0.05) is 0 Å². The zero-order valence-corrected chi connectivity index (χ0v) is 5.87. The highest BCUT2D eigenvalue weighted by atomic mass is 16.4. The second kappa shape index (κ2) is 3.66. The first-order valence-corrected chi connectivity index (χ1v) is 2.66. The van der Waals surface area contributed by atoms with E-state index in [0.29, 0.717) is 0 Å². The number of carbonyl (C=O) groups is 2. The fourth-order valence-electron chi connectivity index (χ4n) is 0.288. The molecule has 0 aromatic rings. The van der Waals surface area contributed by atoms with Crippen LogP contribution in [0.3, 0.4) is 0 Å². The molecule has 0 aliphatic heterocycles. The number of rotatable bonds is 3. The fourth-order valence-corrected chi connectivity index (χ4v) is 0.288. The van der Waals surface area contributed by atoms with Gasteiger partial charge in [-0.15, -0.1) is 0 Å². The summed E-state index contributed by atoms with van der Waals surface area (Å²) in [5.41, 5.74) is 0. The van der Waals surface area contributed by atoms with E-state index in [-0.39, 0.29) is 0 Å². The van der Waals surface area contributed by atoms with Crippen molar-refractivity contribution in [3.05, 3.63) is 12.3 Å². The average Bonchev–Trinajstić information content (AvgIpc) is 1.82. The minimum atomic E-state index is -1.43. The summed E-state index contributed by atoms with van der Waals surface area (Å²) in [5.74, 6) is -2.34. The molecular weight excluding hydrogens is 134 g/mol. The number of hydrogen-bond donors (Lipinski definition) is 1. The number of carbonyl (C=O) groups excluding carboxylic acids is 1. The largest absolute Gasteiger partial charge is 0.475 e. The maximum Gasteiger partial charge on any atom is 0.376 e. The van der Waals surface area contributed by atoms with Crippen LogP contribution in [-0.4, -0.2) is 35.9 Å². The summed E-state index contributed by atoms with van der Waals surface area (Å²) < 4.78 is 0. The van der Waals surface area contributed by atoms with Crippen LogP contribution in [0, 0.1) is 0 Å². The number of ketones is 1. The lowest BCUT2D eigenvalue weighted by molar-refractivity contribution is -0.146. The smallest absolute Gasteiger partial charge is 0.376 e. The fraction of sp³-hybridized carbons (Fsp3) is 0.333. The van der Waals surface area contributed by atoms with E-state index >= 15 is 0 Å². The Balaban J connectivity index is 3.91. The molecule has 0 heterocycles. The van der Waals surface area contributed by atoms with Crippen molar-refractivity contribution in [2.75, 3.05) is 14.1 Å². The molecule has 4 heteroatoms. The second-order valence-corrected chi connectivity index (χ2v) is 1.95. The quantitative estimate of drug-likeness (QED) is 0.436. The Morgan fingerprint density at radius 1 is 1.40 bits per heavy atom. The molecule has 10 heavy (non-hydrogen) atoms. The Labute approximate surface area is 58.8 Å². The molecule has 0 saturated carbocycles. The zero-order valence-electron chi connectivity index (χ0n) is 5.87. The van der Waals surface area contributed by atoms with Gasteiger partial charge in [-0.2, -0.15) is 0 Å². The molecule has 0 fully saturated rings. The van der Waals surface area contributed by atoms with Crippen molar-refractivity contribution >= 4 is 11.8 Å². The van der Waals surface area contributed by atoms with Crippen LogP contribution in [-0.2, 0) is 9.59 Å². The van der Waals surface area contributed by atoms with E-state index in [1.807, 2.05) is 0 Å². The van der Waals surface area contributed by atoms with Crippen LogP contribution in [0.15, 0.2) is 12.3 Å². The van der Waals surface area contributed by atoms with Crippen molar-refractivity contribution in [3.8, 4) is 0 Å². The maximum atomic E-state index is 10.3. The molecule has 1 N–H and O–H groups in total. The van der Waals surface area contributed by atoms with E-state index in [9.17, 15) is 9.59 Å². The lowest BCUT2D eigenvalue weighted by Crippen LogP contribution is -2.10. The molecule has 0 aliphatic carbocycles. The van der Waals surface area contributed by atoms with Crippen molar-refractivity contribution < 1.29 is 14.7 Å². The summed E-state index contributed by atoms with van der Waals surface area (Å²) in [4.78, 5) is 21.8. The molecule has 0 aromatic carbocycles. The number of nitrogens with zero attached hydrogens (tertiary/aromatic N) is 1. The third kappa shape index (κ3) is 3.65. The monoisotopic (exact) mass is 143 g/mol. The SMILES string of the molecule is CN(C)/C=C/C(=O)C(=O)O. The first-order chi connectivity index (χ1) is 4.54. The minimum absolute atomic E-state index is 0.909. The molecule has 56 valence electrons. The Bertz CT molecular complexity index is 172. The Hall–Kier alpha value is -1.32. The summed E-state index contributed by atoms with van der Waals surface area (Å²) in [6, 6.07) is 0. The first kappa shape index (κ1) is 8.68. The molecule has 0 aromatic heterocycles. The van der Waals surface area contributed by atoms with E-state index in [4.69, 9.17) is 5.11 Å². The molecule has 0 radical (unpaired) electrons. The number of aliphatic carboxylic acids is 1. The van der Waals surface area contributed by atoms with E-state index in [0.717, 1.165) is 6.08 Å². The maximum absolute atomic E-state index is 10.3. The second-order valence-electron chi connectivity index (χ2n) is 1.95. The van der Waals surface area contributed by atoms with Gasteiger partial charge in [0.15, 0.2) is 0 Å². The molecular formula is C6H9NO3. The van der Waals surface area contributed by atoms with Crippen LogP contribution in [0.1, 0.15) is 0 Å². The average molecular weight is 143 g/mol. The molecule has 0 aliphatic rings. The summed E-state index contributed by atoms with van der Waals surface area (Å²) in [7, 11) is 3.40. The van der Waals surface area contributed by atoms with Gasteiger partial charge in [-0.25, -0.2) is 4.79 Å². The van der Waals surface area contributed by atoms with Gasteiger partial charge < -0.3 is 10.0 Å². The number of carboxylic acids is 1. The summed E-state index contributed by atoms with van der Waals surface area (Å²) in [5, 5.41) is 8.08. The van der Waals surface area contributed by atoms with Gasteiger partial charge in [-0.3, -0.25) is 4.79 Å². The van der Waals surface area contributed by atoms with Crippen LogP contribution in [0.4, 0.5) is 0 Å². The lowest BCUT2D eigenvalue weighted by Gasteiger charge is -2.00. The third-order valence-electron chi connectivity index (χ3n) is 0.735. The van der Waals surface area contributed by atoms with E-state index in [1.54, 1.807) is 19.0 Å². The molecule has 0 unspecified atom stereocenters. The van der Waals surface area contributed by atoms with Crippen LogP contribution >= 0.6 is 0 Å². The van der Waals surface area contributed by atoms with Gasteiger partial charge in [0.25, 0.3) is 5.78 Å². The van der Waals surface area contributed by atoms with Crippen LogP contribution in [0.25, 0.3) is 0 Å². The Kier molecular flexibility index (Phi) is 3.17. The van der Waals surface area contributed by atoms with Gasteiger partial charge in [0.05, 0.1) is 0 Å². The first-order valence-electron chi connectivity index (χ1n) is 2.66. The minimum Gasteiger partial charge on any atom is -0.475 e. The topological polar surface area (TPSA) is 57.6 Å². The number of carboxylic acid groups (broad SMARTS) is 1. The van der Waals surface area contributed by atoms with E-state index in [2.05, 4.69) is 0 Å². The Morgan fingerprint density at radius 3 is 2.20 bits per heavy atom. The highest BCUT2D eigenvalue weighted by Gasteiger charge is 2.04. The normalized spacial score (nSPS) is 9.80. The third-order valence-corrected chi connectivity index (χ3v) is 0.735. The molecule has 4 nitrogen and oxygen atoms in total. The van der Waals surface area contributed by atoms with Crippen molar-refractivity contribution in [1.29, 1.82) is 0 Å². The zero-order chi connectivity index (χ0) is 8.15. The molecule has 0 rings (SSSR count). The van der Waals surface area contributed by atoms with Crippen LogP contribution in [0.2, 0.25) is 0 Å². The Morgan fingerprint density at radius 2 is 1.90 bits per heavy atom. The predicted molar refractivity (Wildman–Crippen MR) is 35.5 cm³/mol. The molecule has 0 spiro atoms. The van der Waals surface area contributed by atoms with E-state index < -0.39 is 11.8 Å². The highest BCUT2D eigenvalue weighted by Crippen LogP contribution is 1.79. The summed E-state index contributed by atoms with van der Waals surface area (Å²) in [6.45, 7) is 0. The van der Waals surface area contributed by atoms with Crippen molar-refractivity contribution in [2.45, 2.75) is 0 Å². The lowest BCUT2D eigenvalue weighted by atomic mass is 10.4. The highest BCUT2D eigenvalue weighted by molar-refractivity contribution is 6.37. The van der Waals surface area contributed by atoms with Gasteiger partial charge in [0, 0.05) is 26.4 Å². The van der Waals surface area contributed by atoms with Crippen molar-refractivity contribution in [3.63, 3.8) is 0 Å². The summed E-state index contributed by atoms with van der Waals surface area (Å²) in [6.07, 6.45) is 2.39. The van der Waals surface area contributed by atoms with E-state index in [1.165, 1.54) is 6.20 Å². The predicted octanol–water partition coefficient (Wildman–Crippen LogP) is -0.285.